The standard InChI is InChI=1S/C14H29N3O/c1-5-8-17-9-6-12(7-10-17)16(4)13(18)11-14(2,3)15/h12H,5-11,15H2,1-4H3. The average Bonchev–Trinajstić information content (AvgIpc) is 2.27. The first-order chi connectivity index (χ1) is 8.33. The molecule has 1 heterocycles. The minimum absolute atomic E-state index is 0.177. The minimum atomic E-state index is -0.408. The second-order valence-corrected chi connectivity index (χ2v) is 6.24. The predicted molar refractivity (Wildman–Crippen MR) is 75.4 cm³/mol. The van der Waals surface area contributed by atoms with Gasteiger partial charge >= 0.3 is 0 Å². The highest BCUT2D eigenvalue weighted by Gasteiger charge is 2.27. The minimum Gasteiger partial charge on any atom is -0.343 e. The van der Waals surface area contributed by atoms with Crippen LogP contribution < -0.4 is 5.73 Å². The van der Waals surface area contributed by atoms with Gasteiger partial charge in [0.2, 0.25) is 5.91 Å². The monoisotopic (exact) mass is 255 g/mol. The van der Waals surface area contributed by atoms with Gasteiger partial charge < -0.3 is 15.5 Å². The van der Waals surface area contributed by atoms with Crippen molar-refractivity contribution >= 4 is 5.91 Å². The summed E-state index contributed by atoms with van der Waals surface area (Å²) in [5, 5.41) is 0. The third-order valence-corrected chi connectivity index (χ3v) is 3.64. The molecule has 0 saturated carbocycles. The fraction of sp³-hybridized carbons (Fsp3) is 0.929. The number of nitrogens with zero attached hydrogens (tertiary/aromatic N) is 2. The molecule has 1 saturated heterocycles. The molecule has 1 aliphatic heterocycles. The smallest absolute Gasteiger partial charge is 0.224 e. The van der Waals surface area contributed by atoms with Crippen LogP contribution in [-0.4, -0.2) is 54.0 Å². The molecule has 1 fully saturated rings. The van der Waals surface area contributed by atoms with Gasteiger partial charge in [-0.1, -0.05) is 6.92 Å². The Morgan fingerprint density at radius 2 is 1.94 bits per heavy atom. The molecule has 1 rings (SSSR count). The zero-order valence-corrected chi connectivity index (χ0v) is 12.4. The first-order valence-electron chi connectivity index (χ1n) is 7.10. The molecule has 0 atom stereocenters. The van der Waals surface area contributed by atoms with Crippen molar-refractivity contribution in [2.24, 2.45) is 5.73 Å². The van der Waals surface area contributed by atoms with E-state index in [1.54, 1.807) is 0 Å². The number of rotatable bonds is 5. The fourth-order valence-corrected chi connectivity index (χ4v) is 2.56. The van der Waals surface area contributed by atoms with Crippen LogP contribution in [0.1, 0.15) is 46.5 Å². The van der Waals surface area contributed by atoms with Gasteiger partial charge in [0, 0.05) is 38.1 Å². The number of carbonyl (C=O) groups is 1. The first-order valence-corrected chi connectivity index (χ1v) is 7.10. The van der Waals surface area contributed by atoms with Gasteiger partial charge in [-0.05, 0) is 39.7 Å². The Hall–Kier alpha value is -0.610. The maximum Gasteiger partial charge on any atom is 0.224 e. The molecule has 1 aliphatic rings. The van der Waals surface area contributed by atoms with Crippen LogP contribution in [0.5, 0.6) is 0 Å². The number of hydrogen-bond donors (Lipinski definition) is 1. The highest BCUT2D eigenvalue weighted by atomic mass is 16.2. The fourth-order valence-electron chi connectivity index (χ4n) is 2.56. The van der Waals surface area contributed by atoms with E-state index in [0.29, 0.717) is 12.5 Å². The SMILES string of the molecule is CCCN1CCC(N(C)C(=O)CC(C)(C)N)CC1. The number of amides is 1. The molecule has 4 nitrogen and oxygen atoms in total. The van der Waals surface area contributed by atoms with Crippen molar-refractivity contribution in [2.45, 2.75) is 58.0 Å². The molecule has 0 radical (unpaired) electrons. The highest BCUT2D eigenvalue weighted by molar-refractivity contribution is 5.77. The van der Waals surface area contributed by atoms with Crippen molar-refractivity contribution in [1.82, 2.24) is 9.80 Å². The Labute approximate surface area is 111 Å². The van der Waals surface area contributed by atoms with E-state index in [9.17, 15) is 4.79 Å². The summed E-state index contributed by atoms with van der Waals surface area (Å²) in [6.45, 7) is 9.43. The van der Waals surface area contributed by atoms with Crippen molar-refractivity contribution in [2.75, 3.05) is 26.7 Å². The van der Waals surface area contributed by atoms with Crippen molar-refractivity contribution in [3.8, 4) is 0 Å². The van der Waals surface area contributed by atoms with Gasteiger partial charge in [0.25, 0.3) is 0 Å². The Kier molecular flexibility index (Phi) is 5.60. The summed E-state index contributed by atoms with van der Waals surface area (Å²) in [5.41, 5.74) is 5.50. The third kappa shape index (κ3) is 4.94. The van der Waals surface area contributed by atoms with E-state index < -0.39 is 5.54 Å². The van der Waals surface area contributed by atoms with Crippen LogP contribution in [0, 0.1) is 0 Å². The van der Waals surface area contributed by atoms with Crippen LogP contribution in [0.25, 0.3) is 0 Å². The second kappa shape index (κ2) is 6.53. The van der Waals surface area contributed by atoms with Gasteiger partial charge in [0.1, 0.15) is 0 Å². The normalized spacial score (nSPS) is 18.9. The molecule has 0 spiro atoms. The van der Waals surface area contributed by atoms with Crippen molar-refractivity contribution in [3.05, 3.63) is 0 Å². The lowest BCUT2D eigenvalue weighted by Gasteiger charge is -2.37. The van der Waals surface area contributed by atoms with Gasteiger partial charge in [0.15, 0.2) is 0 Å². The summed E-state index contributed by atoms with van der Waals surface area (Å²) in [7, 11) is 1.92. The van der Waals surface area contributed by atoms with E-state index in [0.717, 1.165) is 25.9 Å². The van der Waals surface area contributed by atoms with E-state index >= 15 is 0 Å². The lowest BCUT2D eigenvalue weighted by Crippen LogP contribution is -2.48. The van der Waals surface area contributed by atoms with Crippen LogP contribution in [-0.2, 0) is 4.79 Å². The first kappa shape index (κ1) is 15.4. The van der Waals surface area contributed by atoms with Crippen LogP contribution in [0.2, 0.25) is 0 Å². The Bertz CT molecular complexity index is 265. The molecular weight excluding hydrogens is 226 g/mol. The molecule has 0 aromatic carbocycles. The van der Waals surface area contributed by atoms with Gasteiger partial charge in [-0.25, -0.2) is 0 Å². The molecular formula is C14H29N3O. The van der Waals surface area contributed by atoms with Crippen molar-refractivity contribution < 1.29 is 4.79 Å². The number of nitrogens with two attached hydrogens (primary N) is 1. The summed E-state index contributed by atoms with van der Waals surface area (Å²) in [6.07, 6.45) is 3.82. The van der Waals surface area contributed by atoms with E-state index in [1.807, 2.05) is 25.8 Å². The highest BCUT2D eigenvalue weighted by Crippen LogP contribution is 2.17. The van der Waals surface area contributed by atoms with Gasteiger partial charge in [-0.2, -0.15) is 0 Å². The molecule has 2 N–H and O–H groups in total. The van der Waals surface area contributed by atoms with Crippen molar-refractivity contribution in [1.29, 1.82) is 0 Å². The molecule has 0 aliphatic carbocycles. The van der Waals surface area contributed by atoms with Crippen LogP contribution in [0.3, 0.4) is 0 Å². The second-order valence-electron chi connectivity index (χ2n) is 6.24. The average molecular weight is 255 g/mol. The summed E-state index contributed by atoms with van der Waals surface area (Å²) in [4.78, 5) is 16.5. The maximum absolute atomic E-state index is 12.1. The Morgan fingerprint density at radius 1 is 1.39 bits per heavy atom. The lowest BCUT2D eigenvalue weighted by atomic mass is 9.99. The predicted octanol–water partition coefficient (Wildman–Crippen LogP) is 1.45. The molecule has 1 amide bonds. The van der Waals surface area contributed by atoms with E-state index in [1.165, 1.54) is 13.0 Å². The molecule has 0 bridgehead atoms. The summed E-state index contributed by atoms with van der Waals surface area (Å²) in [6, 6.07) is 0.396. The summed E-state index contributed by atoms with van der Waals surface area (Å²) in [5.74, 6) is 0.177. The molecule has 106 valence electrons. The van der Waals surface area contributed by atoms with E-state index in [4.69, 9.17) is 5.73 Å². The molecule has 4 heteroatoms. The summed E-state index contributed by atoms with van der Waals surface area (Å²) < 4.78 is 0. The van der Waals surface area contributed by atoms with Crippen molar-refractivity contribution in [3.63, 3.8) is 0 Å². The molecule has 18 heavy (non-hydrogen) atoms. The third-order valence-electron chi connectivity index (χ3n) is 3.64. The van der Waals surface area contributed by atoms with Gasteiger partial charge in [-0.15, -0.1) is 0 Å². The number of likely N-dealkylation sites (tertiary alicyclic amines) is 1. The zero-order valence-electron chi connectivity index (χ0n) is 12.4. The zero-order chi connectivity index (χ0) is 13.8. The Balaban J connectivity index is 2.40. The van der Waals surface area contributed by atoms with Gasteiger partial charge in [-0.3, -0.25) is 4.79 Å². The van der Waals surface area contributed by atoms with Crippen LogP contribution in [0.15, 0.2) is 0 Å². The Morgan fingerprint density at radius 3 is 2.39 bits per heavy atom. The molecule has 0 aromatic heterocycles. The molecule has 0 unspecified atom stereocenters. The van der Waals surface area contributed by atoms with E-state index in [2.05, 4.69) is 11.8 Å². The summed E-state index contributed by atoms with van der Waals surface area (Å²) >= 11 is 0. The van der Waals surface area contributed by atoms with E-state index in [-0.39, 0.29) is 5.91 Å². The molecule has 0 aromatic rings. The largest absolute Gasteiger partial charge is 0.343 e. The number of hydrogen-bond acceptors (Lipinski definition) is 3. The number of carbonyl (C=O) groups excluding carboxylic acids is 1. The number of piperidine rings is 1. The van der Waals surface area contributed by atoms with Gasteiger partial charge in [0.05, 0.1) is 0 Å². The van der Waals surface area contributed by atoms with Crippen LogP contribution in [0.4, 0.5) is 0 Å². The lowest BCUT2D eigenvalue weighted by molar-refractivity contribution is -0.133. The topological polar surface area (TPSA) is 49.6 Å². The van der Waals surface area contributed by atoms with Crippen LogP contribution >= 0.6 is 0 Å². The maximum atomic E-state index is 12.1. The quantitative estimate of drug-likeness (QED) is 0.809.